The van der Waals surface area contributed by atoms with Gasteiger partial charge in [0.05, 0.1) is 12.6 Å². The Kier molecular flexibility index (Phi) is 4.05. The molecule has 0 aromatic heterocycles. The van der Waals surface area contributed by atoms with Gasteiger partial charge in [-0.05, 0) is 24.6 Å². The van der Waals surface area contributed by atoms with Gasteiger partial charge in [0.2, 0.25) is 10.0 Å². The van der Waals surface area contributed by atoms with Crippen LogP contribution in [0.1, 0.15) is 6.42 Å². The number of benzene rings is 1. The molecule has 1 fully saturated rings. The summed E-state index contributed by atoms with van der Waals surface area (Å²) in [6.07, 6.45) is 0.633. The number of halogens is 2. The Morgan fingerprint density at radius 2 is 2.22 bits per heavy atom. The normalized spacial score (nSPS) is 20.6. The van der Waals surface area contributed by atoms with E-state index in [1.54, 1.807) is 0 Å². The molecule has 1 heterocycles. The van der Waals surface area contributed by atoms with E-state index in [4.69, 9.17) is 4.74 Å². The van der Waals surface area contributed by atoms with Crippen LogP contribution in [0.5, 0.6) is 0 Å². The zero-order valence-electron chi connectivity index (χ0n) is 9.77. The van der Waals surface area contributed by atoms with Crippen molar-refractivity contribution in [3.05, 3.63) is 28.5 Å². The molecule has 0 spiro atoms. The lowest BCUT2D eigenvalue weighted by molar-refractivity contribution is 0.180. The van der Waals surface area contributed by atoms with Crippen molar-refractivity contribution in [3.63, 3.8) is 0 Å². The number of ether oxygens (including phenoxy) is 1. The average molecular weight is 338 g/mol. The predicted octanol–water partition coefficient (Wildman–Crippen LogP) is 2.00. The molecule has 1 aliphatic heterocycles. The summed E-state index contributed by atoms with van der Waals surface area (Å²) in [5.74, 6) is -0.754. The number of rotatable bonds is 3. The first-order valence-electron chi connectivity index (χ1n) is 5.44. The lowest BCUT2D eigenvalue weighted by Crippen LogP contribution is -2.37. The molecule has 2 rings (SSSR count). The van der Waals surface area contributed by atoms with E-state index in [0.717, 1.165) is 6.07 Å². The molecule has 0 aliphatic carbocycles. The van der Waals surface area contributed by atoms with E-state index in [-0.39, 0.29) is 10.9 Å². The van der Waals surface area contributed by atoms with Crippen molar-refractivity contribution in [2.45, 2.75) is 17.4 Å². The molecule has 7 heteroatoms. The highest BCUT2D eigenvalue weighted by atomic mass is 79.9. The standard InChI is InChI=1S/C11H13BrFNO3S/c1-14(9-4-5-17-7-9)18(15,16)11-3-2-8(12)6-10(11)13/h2-3,6,9H,4-5,7H2,1H3/t9-/m1/s1. The highest BCUT2D eigenvalue weighted by Gasteiger charge is 2.32. The fraction of sp³-hybridized carbons (Fsp3) is 0.455. The van der Waals surface area contributed by atoms with Gasteiger partial charge in [0.15, 0.2) is 0 Å². The van der Waals surface area contributed by atoms with Gasteiger partial charge in [0.25, 0.3) is 0 Å². The molecule has 0 unspecified atom stereocenters. The molecule has 0 amide bonds. The second-order valence-corrected chi connectivity index (χ2v) is 7.00. The van der Waals surface area contributed by atoms with Crippen LogP contribution in [-0.2, 0) is 14.8 Å². The molecule has 0 bridgehead atoms. The van der Waals surface area contributed by atoms with Gasteiger partial charge in [-0.25, -0.2) is 12.8 Å². The monoisotopic (exact) mass is 337 g/mol. The summed E-state index contributed by atoms with van der Waals surface area (Å²) >= 11 is 3.10. The summed E-state index contributed by atoms with van der Waals surface area (Å²) in [6, 6.07) is 3.69. The minimum atomic E-state index is -3.81. The van der Waals surface area contributed by atoms with Gasteiger partial charge in [-0.1, -0.05) is 15.9 Å². The summed E-state index contributed by atoms with van der Waals surface area (Å²) < 4.78 is 45.1. The third kappa shape index (κ3) is 2.59. The molecule has 1 saturated heterocycles. The number of hydrogen-bond donors (Lipinski definition) is 0. The Labute approximate surface area is 114 Å². The Balaban J connectivity index is 2.35. The molecule has 18 heavy (non-hydrogen) atoms. The second-order valence-electron chi connectivity index (χ2n) is 4.11. The van der Waals surface area contributed by atoms with E-state index in [0.29, 0.717) is 24.1 Å². The molecule has 4 nitrogen and oxygen atoms in total. The highest BCUT2D eigenvalue weighted by Crippen LogP contribution is 2.25. The highest BCUT2D eigenvalue weighted by molar-refractivity contribution is 9.10. The van der Waals surface area contributed by atoms with Gasteiger partial charge in [-0.2, -0.15) is 4.31 Å². The van der Waals surface area contributed by atoms with Crippen LogP contribution in [0.4, 0.5) is 4.39 Å². The van der Waals surface area contributed by atoms with Crippen LogP contribution < -0.4 is 0 Å². The van der Waals surface area contributed by atoms with Gasteiger partial charge in [0.1, 0.15) is 10.7 Å². The van der Waals surface area contributed by atoms with Crippen molar-refractivity contribution in [1.82, 2.24) is 4.31 Å². The van der Waals surface area contributed by atoms with E-state index < -0.39 is 15.8 Å². The lowest BCUT2D eigenvalue weighted by atomic mass is 10.3. The number of sulfonamides is 1. The maximum Gasteiger partial charge on any atom is 0.246 e. The van der Waals surface area contributed by atoms with E-state index in [9.17, 15) is 12.8 Å². The minimum absolute atomic E-state index is 0.224. The Bertz CT molecular complexity index is 543. The van der Waals surface area contributed by atoms with Crippen molar-refractivity contribution >= 4 is 26.0 Å². The molecule has 1 aromatic rings. The fourth-order valence-electron chi connectivity index (χ4n) is 1.84. The molecule has 0 saturated carbocycles. The molecule has 0 radical (unpaired) electrons. The van der Waals surface area contributed by atoms with Crippen LogP contribution in [0.3, 0.4) is 0 Å². The van der Waals surface area contributed by atoms with Gasteiger partial charge in [-0.3, -0.25) is 0 Å². The van der Waals surface area contributed by atoms with Crippen molar-refractivity contribution in [3.8, 4) is 0 Å². The van der Waals surface area contributed by atoms with Gasteiger partial charge < -0.3 is 4.74 Å². The minimum Gasteiger partial charge on any atom is -0.380 e. The Hall–Kier alpha value is -0.500. The predicted molar refractivity (Wildman–Crippen MR) is 68.3 cm³/mol. The first-order valence-corrected chi connectivity index (χ1v) is 7.67. The summed E-state index contributed by atoms with van der Waals surface area (Å²) in [5, 5.41) is 0. The third-order valence-corrected chi connectivity index (χ3v) is 5.41. The van der Waals surface area contributed by atoms with Crippen LogP contribution in [0.15, 0.2) is 27.6 Å². The van der Waals surface area contributed by atoms with E-state index >= 15 is 0 Å². The van der Waals surface area contributed by atoms with Gasteiger partial charge >= 0.3 is 0 Å². The smallest absolute Gasteiger partial charge is 0.246 e. The number of hydrogen-bond acceptors (Lipinski definition) is 3. The molecule has 1 aliphatic rings. The van der Waals surface area contributed by atoms with E-state index in [1.807, 2.05) is 0 Å². The Morgan fingerprint density at radius 1 is 1.50 bits per heavy atom. The maximum absolute atomic E-state index is 13.7. The maximum atomic E-state index is 13.7. The zero-order valence-corrected chi connectivity index (χ0v) is 12.2. The summed E-state index contributed by atoms with van der Waals surface area (Å²) in [6.45, 7) is 0.890. The topological polar surface area (TPSA) is 46.6 Å². The van der Waals surface area contributed by atoms with Crippen molar-refractivity contribution in [1.29, 1.82) is 0 Å². The third-order valence-electron chi connectivity index (χ3n) is 2.97. The zero-order chi connectivity index (χ0) is 13.3. The molecule has 100 valence electrons. The Morgan fingerprint density at radius 3 is 2.78 bits per heavy atom. The second kappa shape index (κ2) is 5.24. The molecular weight excluding hydrogens is 325 g/mol. The lowest BCUT2D eigenvalue weighted by Gasteiger charge is -2.22. The fourth-order valence-corrected chi connectivity index (χ4v) is 3.59. The van der Waals surface area contributed by atoms with Crippen LogP contribution in [0.25, 0.3) is 0 Å². The van der Waals surface area contributed by atoms with Crippen LogP contribution in [0, 0.1) is 5.82 Å². The van der Waals surface area contributed by atoms with Gasteiger partial charge in [0, 0.05) is 18.1 Å². The van der Waals surface area contributed by atoms with Crippen LogP contribution >= 0.6 is 15.9 Å². The largest absolute Gasteiger partial charge is 0.380 e. The molecule has 1 aromatic carbocycles. The molecule has 0 N–H and O–H groups in total. The molecule has 1 atom stereocenters. The van der Waals surface area contributed by atoms with E-state index in [1.165, 1.54) is 23.5 Å². The summed E-state index contributed by atoms with van der Waals surface area (Å²) in [4.78, 5) is -0.305. The summed E-state index contributed by atoms with van der Waals surface area (Å²) in [7, 11) is -2.36. The van der Waals surface area contributed by atoms with Crippen molar-refractivity contribution in [2.75, 3.05) is 20.3 Å². The van der Waals surface area contributed by atoms with Gasteiger partial charge in [-0.15, -0.1) is 0 Å². The quantitative estimate of drug-likeness (QED) is 0.847. The summed E-state index contributed by atoms with van der Waals surface area (Å²) in [5.41, 5.74) is 0. The van der Waals surface area contributed by atoms with E-state index in [2.05, 4.69) is 15.9 Å². The average Bonchev–Trinajstić information content (AvgIpc) is 2.80. The van der Waals surface area contributed by atoms with Crippen LogP contribution in [0.2, 0.25) is 0 Å². The number of likely N-dealkylation sites (N-methyl/N-ethyl adjacent to an activating group) is 1. The first kappa shape index (κ1) is 13.9. The number of nitrogens with zero attached hydrogens (tertiary/aromatic N) is 1. The molecular formula is C11H13BrFNO3S. The SMILES string of the molecule is CN([C@@H]1CCOC1)S(=O)(=O)c1ccc(Br)cc1F. The van der Waals surface area contributed by atoms with Crippen molar-refractivity contribution < 1.29 is 17.5 Å². The van der Waals surface area contributed by atoms with Crippen LogP contribution in [-0.4, -0.2) is 39.0 Å². The van der Waals surface area contributed by atoms with Crippen molar-refractivity contribution in [2.24, 2.45) is 0 Å². The first-order chi connectivity index (χ1) is 8.43.